The monoisotopic (exact) mass is 944 g/mol. The molecule has 1 aromatic heterocycles. The number of aryl methyl sites for hydroxylation is 1. The molecule has 308 valence electrons. The molecular weight excluding hydrogens is 900 g/mol. The predicted octanol–water partition coefficient (Wildman–Crippen LogP) is 9.46. The van der Waals surface area contributed by atoms with E-state index in [1.54, 1.807) is 21.1 Å². The molecule has 15 heteroatoms. The molecule has 5 aromatic rings. The fourth-order valence-electron chi connectivity index (χ4n) is 7.34. The first-order valence-electron chi connectivity index (χ1n) is 19.2. The van der Waals surface area contributed by atoms with Crippen molar-refractivity contribution in [3.8, 4) is 0 Å². The molecule has 2 N–H and O–H groups in total. The fourth-order valence-corrected chi connectivity index (χ4v) is 8.68. The molecule has 0 spiro atoms. The maximum Gasteiger partial charge on any atom is 0.411 e. The van der Waals surface area contributed by atoms with Crippen LogP contribution in [0.25, 0.3) is 0 Å². The van der Waals surface area contributed by atoms with Crippen molar-refractivity contribution in [3.63, 3.8) is 0 Å². The van der Waals surface area contributed by atoms with Gasteiger partial charge < -0.3 is 19.3 Å². The molecule has 0 bridgehead atoms. The summed E-state index contributed by atoms with van der Waals surface area (Å²) in [4.78, 5) is 53.1. The van der Waals surface area contributed by atoms with Crippen LogP contribution in [-0.4, -0.2) is 57.1 Å². The van der Waals surface area contributed by atoms with E-state index in [4.69, 9.17) is 9.47 Å². The minimum atomic E-state index is -1.10. The number of nitrogens with one attached hydrogen (secondary N) is 2. The molecule has 3 heterocycles. The SMILES string of the molecule is CC(=O)NNC(=O)C[C@]1(c2ccccc2)CCN([C@@H](C)c2ccc(Br)cc2)C(=O)O1.Cc1nnc(C[C@]2(c3ccccc3)CCN([C@@H](C)c3ccc(Br)cc3)C(=O)O2)s1. The number of halogens is 2. The van der Waals surface area contributed by atoms with Gasteiger partial charge in [-0.25, -0.2) is 9.59 Å². The van der Waals surface area contributed by atoms with Crippen molar-refractivity contribution in [1.82, 2.24) is 30.8 Å². The van der Waals surface area contributed by atoms with E-state index in [9.17, 15) is 19.2 Å². The molecule has 0 radical (unpaired) electrons. The number of hydrogen-bond donors (Lipinski definition) is 2. The average Bonchev–Trinajstić information content (AvgIpc) is 3.64. The smallest absolute Gasteiger partial charge is 0.411 e. The van der Waals surface area contributed by atoms with Crippen LogP contribution in [0.5, 0.6) is 0 Å². The predicted molar refractivity (Wildman–Crippen MR) is 232 cm³/mol. The van der Waals surface area contributed by atoms with Gasteiger partial charge in [0.05, 0.1) is 18.5 Å². The first-order chi connectivity index (χ1) is 28.3. The third-order valence-electron chi connectivity index (χ3n) is 10.6. The first kappa shape index (κ1) is 43.5. The molecule has 2 fully saturated rings. The highest BCUT2D eigenvalue weighted by Crippen LogP contribution is 2.41. The van der Waals surface area contributed by atoms with E-state index in [1.807, 2.05) is 130 Å². The van der Waals surface area contributed by atoms with Gasteiger partial charge in [0, 0.05) is 48.2 Å². The van der Waals surface area contributed by atoms with Crippen LogP contribution in [0.4, 0.5) is 9.59 Å². The Morgan fingerprint density at radius 3 is 1.61 bits per heavy atom. The molecule has 0 saturated carbocycles. The Kier molecular flexibility index (Phi) is 14.2. The molecule has 2 aliphatic heterocycles. The number of aromatic nitrogens is 2. The van der Waals surface area contributed by atoms with Crippen LogP contribution in [0, 0.1) is 6.92 Å². The van der Waals surface area contributed by atoms with Gasteiger partial charge in [-0.2, -0.15) is 0 Å². The quantitative estimate of drug-likeness (QED) is 0.132. The molecular formula is C44H46Br2N6O6S. The lowest BCUT2D eigenvalue weighted by Crippen LogP contribution is -2.51. The Morgan fingerprint density at radius 1 is 0.712 bits per heavy atom. The number of carbonyl (C=O) groups is 4. The van der Waals surface area contributed by atoms with Crippen molar-refractivity contribution < 1.29 is 28.7 Å². The Labute approximate surface area is 364 Å². The number of nitrogens with zero attached hydrogens (tertiary/aromatic N) is 4. The van der Waals surface area contributed by atoms with Gasteiger partial charge in [-0.05, 0) is 67.3 Å². The lowest BCUT2D eigenvalue weighted by atomic mass is 9.85. The summed E-state index contributed by atoms with van der Waals surface area (Å²) in [6.07, 6.45) is 0.808. The fraction of sp³-hybridized carbons (Fsp3) is 0.318. The van der Waals surface area contributed by atoms with E-state index < -0.39 is 23.2 Å². The summed E-state index contributed by atoms with van der Waals surface area (Å²) in [6, 6.07) is 34.8. The second-order valence-corrected chi connectivity index (χ2v) is 17.7. The van der Waals surface area contributed by atoms with Gasteiger partial charge in [-0.1, -0.05) is 117 Å². The maximum atomic E-state index is 13.1. The number of rotatable bonds is 10. The van der Waals surface area contributed by atoms with Crippen LogP contribution in [-0.2, 0) is 36.7 Å². The molecule has 4 amide bonds. The zero-order valence-electron chi connectivity index (χ0n) is 33.2. The normalized spacial score (nSPS) is 20.0. The van der Waals surface area contributed by atoms with E-state index in [2.05, 4.69) is 52.9 Å². The number of cyclic esters (lactones) is 2. The Balaban J connectivity index is 0.000000198. The highest BCUT2D eigenvalue weighted by Gasteiger charge is 2.46. The van der Waals surface area contributed by atoms with Crippen molar-refractivity contribution in [3.05, 3.63) is 150 Å². The van der Waals surface area contributed by atoms with Crippen molar-refractivity contribution in [2.24, 2.45) is 0 Å². The molecule has 0 aliphatic carbocycles. The molecule has 12 nitrogen and oxygen atoms in total. The summed E-state index contributed by atoms with van der Waals surface area (Å²) in [5.74, 6) is -0.816. The summed E-state index contributed by atoms with van der Waals surface area (Å²) in [7, 11) is 0. The molecule has 4 aromatic carbocycles. The molecule has 7 rings (SSSR count). The van der Waals surface area contributed by atoms with E-state index in [1.165, 1.54) is 6.92 Å². The molecule has 2 aliphatic rings. The van der Waals surface area contributed by atoms with Crippen LogP contribution in [0.15, 0.2) is 118 Å². The molecule has 2 saturated heterocycles. The zero-order chi connectivity index (χ0) is 42.2. The van der Waals surface area contributed by atoms with Gasteiger partial charge in [-0.15, -0.1) is 21.5 Å². The number of benzene rings is 4. The van der Waals surface area contributed by atoms with Crippen LogP contribution < -0.4 is 10.9 Å². The van der Waals surface area contributed by atoms with E-state index in [-0.39, 0.29) is 30.5 Å². The Hall–Kier alpha value is -5.12. The van der Waals surface area contributed by atoms with E-state index in [0.29, 0.717) is 32.4 Å². The summed E-state index contributed by atoms with van der Waals surface area (Å²) in [6.45, 7) is 8.26. The maximum absolute atomic E-state index is 13.1. The number of ether oxygens (including phenoxy) is 2. The van der Waals surface area contributed by atoms with Gasteiger partial charge in [0.15, 0.2) is 0 Å². The van der Waals surface area contributed by atoms with Gasteiger partial charge in [0.25, 0.3) is 0 Å². The topological polar surface area (TPSA) is 143 Å². The lowest BCUT2D eigenvalue weighted by Gasteiger charge is -2.43. The third kappa shape index (κ3) is 10.7. The average molecular weight is 947 g/mol. The van der Waals surface area contributed by atoms with E-state index >= 15 is 0 Å². The second kappa shape index (κ2) is 19.3. The van der Waals surface area contributed by atoms with Crippen molar-refractivity contribution in [2.75, 3.05) is 13.1 Å². The number of carbonyl (C=O) groups excluding carboxylic acids is 4. The zero-order valence-corrected chi connectivity index (χ0v) is 37.2. The lowest BCUT2D eigenvalue weighted by molar-refractivity contribution is -0.134. The number of hydrogen-bond acceptors (Lipinski definition) is 9. The summed E-state index contributed by atoms with van der Waals surface area (Å²) in [5, 5.41) is 10.2. The van der Waals surface area contributed by atoms with Crippen molar-refractivity contribution in [2.45, 2.75) is 76.7 Å². The Morgan fingerprint density at radius 2 is 1.17 bits per heavy atom. The van der Waals surface area contributed by atoms with Crippen LogP contribution in [0.3, 0.4) is 0 Å². The standard InChI is InChI=1S/C22H24BrN3O4.C22H22BrN3O2S/c1-15(17-8-10-19(23)11-9-17)26-13-12-22(30-21(26)29,18-6-4-3-5-7-18)14-20(28)25-24-16(2)27;1-15(17-8-10-19(23)11-9-17)26-13-12-22(28-21(26)27,18-6-4-3-5-7-18)14-20-25-24-16(2)29-20/h3-11,15H,12-14H2,1-2H3,(H,24,27)(H,25,28);3-11,15H,12-14H2,1-2H3/t2*15-,22-/m00/s1. The number of amides is 4. The summed E-state index contributed by atoms with van der Waals surface area (Å²) in [5.41, 5.74) is 6.62. The van der Waals surface area contributed by atoms with E-state index in [0.717, 1.165) is 41.2 Å². The highest BCUT2D eigenvalue weighted by molar-refractivity contribution is 9.10. The second-order valence-electron chi connectivity index (χ2n) is 14.6. The molecule has 0 unspecified atom stereocenters. The molecule has 59 heavy (non-hydrogen) atoms. The summed E-state index contributed by atoms with van der Waals surface area (Å²) < 4.78 is 14.1. The van der Waals surface area contributed by atoms with Gasteiger partial charge in [-0.3, -0.25) is 20.4 Å². The van der Waals surface area contributed by atoms with Crippen molar-refractivity contribution >= 4 is 67.2 Å². The van der Waals surface area contributed by atoms with Gasteiger partial charge in [0.2, 0.25) is 11.8 Å². The summed E-state index contributed by atoms with van der Waals surface area (Å²) >= 11 is 8.43. The largest absolute Gasteiger partial charge is 0.437 e. The third-order valence-corrected chi connectivity index (χ3v) is 12.5. The van der Waals surface area contributed by atoms with Gasteiger partial charge >= 0.3 is 12.2 Å². The highest BCUT2D eigenvalue weighted by atomic mass is 79.9. The van der Waals surface area contributed by atoms with Crippen molar-refractivity contribution in [1.29, 1.82) is 0 Å². The number of hydrazine groups is 1. The van der Waals surface area contributed by atoms with Crippen LogP contribution in [0.1, 0.15) is 84.4 Å². The first-order valence-corrected chi connectivity index (χ1v) is 21.6. The minimum Gasteiger partial charge on any atom is -0.437 e. The Bertz CT molecular complexity index is 2230. The van der Waals surface area contributed by atoms with Crippen LogP contribution >= 0.6 is 43.2 Å². The van der Waals surface area contributed by atoms with Crippen LogP contribution in [0.2, 0.25) is 0 Å². The van der Waals surface area contributed by atoms with Gasteiger partial charge in [0.1, 0.15) is 21.2 Å². The minimum absolute atomic E-state index is 0.0619. The molecule has 4 atom stereocenters.